The third-order valence-corrected chi connectivity index (χ3v) is 3.08. The molecule has 2 aromatic rings. The summed E-state index contributed by atoms with van der Waals surface area (Å²) in [5.74, 6) is -0.356. The smallest absolute Gasteiger partial charge is 0.270 e. The number of hydrogen-bond donors (Lipinski definition) is 2. The number of nitrogens with one attached hydrogen (secondary N) is 2. The Morgan fingerprint density at radius 1 is 1.30 bits per heavy atom. The molecule has 0 fully saturated rings. The highest BCUT2D eigenvalue weighted by molar-refractivity contribution is 5.96. The van der Waals surface area contributed by atoms with Crippen LogP contribution in [0.1, 0.15) is 29.1 Å². The molecular formula is C15H15N3O5. The van der Waals surface area contributed by atoms with Gasteiger partial charge in [0.1, 0.15) is 5.76 Å². The van der Waals surface area contributed by atoms with Crippen LogP contribution in [0.2, 0.25) is 0 Å². The number of furan rings is 1. The van der Waals surface area contributed by atoms with Gasteiger partial charge in [0.15, 0.2) is 0 Å². The van der Waals surface area contributed by atoms with Crippen molar-refractivity contribution >= 4 is 17.5 Å². The van der Waals surface area contributed by atoms with E-state index < -0.39 is 16.7 Å². The van der Waals surface area contributed by atoms with Crippen molar-refractivity contribution in [3.63, 3.8) is 0 Å². The highest BCUT2D eigenvalue weighted by atomic mass is 16.6. The molecule has 1 atom stereocenters. The summed E-state index contributed by atoms with van der Waals surface area (Å²) in [5.41, 5.74) is -0.0698. The van der Waals surface area contributed by atoms with Gasteiger partial charge in [0.25, 0.3) is 11.6 Å². The lowest BCUT2D eigenvalue weighted by Gasteiger charge is -2.12. The molecule has 8 heteroatoms. The molecular weight excluding hydrogens is 302 g/mol. The molecule has 2 rings (SSSR count). The second-order valence-corrected chi connectivity index (χ2v) is 4.79. The van der Waals surface area contributed by atoms with E-state index >= 15 is 0 Å². The normalized spacial score (nSPS) is 11.5. The van der Waals surface area contributed by atoms with Crippen molar-refractivity contribution in [2.45, 2.75) is 13.0 Å². The SMILES string of the molecule is C[C@@H](NC(=O)CNC(=O)c1cccc([N+](=O)[O-])c1)c1ccco1. The zero-order chi connectivity index (χ0) is 16.8. The second-order valence-electron chi connectivity index (χ2n) is 4.79. The first kappa shape index (κ1) is 16.2. The summed E-state index contributed by atoms with van der Waals surface area (Å²) >= 11 is 0. The van der Waals surface area contributed by atoms with E-state index in [4.69, 9.17) is 4.42 Å². The average Bonchev–Trinajstić information content (AvgIpc) is 3.07. The van der Waals surface area contributed by atoms with Crippen LogP contribution in [-0.2, 0) is 4.79 Å². The van der Waals surface area contributed by atoms with Crippen LogP contribution in [-0.4, -0.2) is 23.3 Å². The molecule has 0 spiro atoms. The maximum atomic E-state index is 11.9. The van der Waals surface area contributed by atoms with Crippen molar-refractivity contribution in [3.05, 3.63) is 64.1 Å². The Bertz CT molecular complexity index is 712. The Morgan fingerprint density at radius 2 is 2.09 bits per heavy atom. The zero-order valence-electron chi connectivity index (χ0n) is 12.3. The largest absolute Gasteiger partial charge is 0.467 e. The lowest BCUT2D eigenvalue weighted by molar-refractivity contribution is -0.384. The molecule has 1 heterocycles. The van der Waals surface area contributed by atoms with Crippen molar-refractivity contribution in [2.24, 2.45) is 0 Å². The van der Waals surface area contributed by atoms with E-state index in [1.165, 1.54) is 24.5 Å². The van der Waals surface area contributed by atoms with Crippen molar-refractivity contribution in [1.82, 2.24) is 10.6 Å². The van der Waals surface area contributed by atoms with Gasteiger partial charge in [-0.3, -0.25) is 19.7 Å². The number of rotatable bonds is 6. The van der Waals surface area contributed by atoms with Crippen LogP contribution in [0.15, 0.2) is 47.1 Å². The van der Waals surface area contributed by atoms with Gasteiger partial charge >= 0.3 is 0 Å². The molecule has 0 unspecified atom stereocenters. The molecule has 0 saturated heterocycles. The fourth-order valence-corrected chi connectivity index (χ4v) is 1.92. The third kappa shape index (κ3) is 4.40. The number of nitro groups is 1. The molecule has 0 saturated carbocycles. The minimum absolute atomic E-state index is 0.117. The highest BCUT2D eigenvalue weighted by Gasteiger charge is 2.14. The number of nitrogens with zero attached hydrogens (tertiary/aromatic N) is 1. The molecule has 2 amide bonds. The Morgan fingerprint density at radius 3 is 2.74 bits per heavy atom. The van der Waals surface area contributed by atoms with Crippen LogP contribution < -0.4 is 10.6 Å². The molecule has 120 valence electrons. The first-order valence-electron chi connectivity index (χ1n) is 6.83. The summed E-state index contributed by atoms with van der Waals surface area (Å²) in [6.45, 7) is 1.51. The van der Waals surface area contributed by atoms with Gasteiger partial charge in [0.05, 0.1) is 23.8 Å². The highest BCUT2D eigenvalue weighted by Crippen LogP contribution is 2.13. The predicted octanol–water partition coefficient (Wildman–Crippen LogP) is 1.79. The van der Waals surface area contributed by atoms with Gasteiger partial charge in [-0.05, 0) is 25.1 Å². The molecule has 0 radical (unpaired) electrons. The van der Waals surface area contributed by atoms with Gasteiger partial charge in [0, 0.05) is 17.7 Å². The van der Waals surface area contributed by atoms with E-state index in [9.17, 15) is 19.7 Å². The monoisotopic (exact) mass is 317 g/mol. The summed E-state index contributed by atoms with van der Waals surface area (Å²) in [4.78, 5) is 33.8. The summed E-state index contributed by atoms with van der Waals surface area (Å²) in [6.07, 6.45) is 1.50. The Kier molecular flexibility index (Phi) is 5.08. The first-order chi connectivity index (χ1) is 11.0. The van der Waals surface area contributed by atoms with E-state index in [1.54, 1.807) is 19.1 Å². The third-order valence-electron chi connectivity index (χ3n) is 3.08. The van der Waals surface area contributed by atoms with Crippen molar-refractivity contribution < 1.29 is 18.9 Å². The summed E-state index contributed by atoms with van der Waals surface area (Å²) in [5, 5.41) is 15.8. The molecule has 2 N–H and O–H groups in total. The number of carbonyl (C=O) groups excluding carboxylic acids is 2. The molecule has 23 heavy (non-hydrogen) atoms. The molecule has 0 aliphatic rings. The van der Waals surface area contributed by atoms with E-state index in [-0.39, 0.29) is 23.8 Å². The maximum absolute atomic E-state index is 11.9. The quantitative estimate of drug-likeness (QED) is 0.622. The first-order valence-corrected chi connectivity index (χ1v) is 6.83. The summed E-state index contributed by atoms with van der Waals surface area (Å²) in [7, 11) is 0. The molecule has 0 aliphatic carbocycles. The van der Waals surface area contributed by atoms with Crippen LogP contribution in [0.5, 0.6) is 0 Å². The number of carbonyl (C=O) groups is 2. The van der Waals surface area contributed by atoms with Crippen LogP contribution in [0.4, 0.5) is 5.69 Å². The standard InChI is InChI=1S/C15H15N3O5/c1-10(13-6-3-7-23-13)17-14(19)9-16-15(20)11-4-2-5-12(8-11)18(21)22/h2-8,10H,9H2,1H3,(H,16,20)(H,17,19)/t10-/m1/s1. The van der Waals surface area contributed by atoms with Gasteiger partial charge in [0.2, 0.25) is 5.91 Å². The van der Waals surface area contributed by atoms with Crippen molar-refractivity contribution in [1.29, 1.82) is 0 Å². The fourth-order valence-electron chi connectivity index (χ4n) is 1.92. The Hall–Kier alpha value is -3.16. The maximum Gasteiger partial charge on any atom is 0.270 e. The topological polar surface area (TPSA) is 114 Å². The second kappa shape index (κ2) is 7.21. The molecule has 1 aromatic heterocycles. The van der Waals surface area contributed by atoms with Gasteiger partial charge in [-0.1, -0.05) is 6.07 Å². The number of nitro benzene ring substituents is 1. The van der Waals surface area contributed by atoms with Crippen LogP contribution >= 0.6 is 0 Å². The van der Waals surface area contributed by atoms with Crippen molar-refractivity contribution in [2.75, 3.05) is 6.54 Å². The fraction of sp³-hybridized carbons (Fsp3) is 0.200. The minimum atomic E-state index is -0.589. The number of benzene rings is 1. The Balaban J connectivity index is 1.87. The minimum Gasteiger partial charge on any atom is -0.467 e. The van der Waals surface area contributed by atoms with Gasteiger partial charge in [-0.25, -0.2) is 0 Å². The molecule has 0 bridgehead atoms. The van der Waals surface area contributed by atoms with Gasteiger partial charge < -0.3 is 15.1 Å². The van der Waals surface area contributed by atoms with E-state index in [0.717, 1.165) is 6.07 Å². The summed E-state index contributed by atoms with van der Waals surface area (Å²) < 4.78 is 5.16. The van der Waals surface area contributed by atoms with E-state index in [2.05, 4.69) is 10.6 Å². The number of non-ortho nitro benzene ring substituents is 1. The van der Waals surface area contributed by atoms with Gasteiger partial charge in [-0.15, -0.1) is 0 Å². The molecule has 0 aliphatic heterocycles. The predicted molar refractivity (Wildman–Crippen MR) is 80.7 cm³/mol. The van der Waals surface area contributed by atoms with E-state index in [0.29, 0.717) is 5.76 Å². The van der Waals surface area contributed by atoms with Crippen LogP contribution in [0, 0.1) is 10.1 Å². The lowest BCUT2D eigenvalue weighted by atomic mass is 10.2. The lowest BCUT2D eigenvalue weighted by Crippen LogP contribution is -2.37. The number of amides is 2. The zero-order valence-corrected chi connectivity index (χ0v) is 12.3. The molecule has 8 nitrogen and oxygen atoms in total. The number of hydrogen-bond acceptors (Lipinski definition) is 5. The Labute approximate surface area is 131 Å². The van der Waals surface area contributed by atoms with Crippen LogP contribution in [0.25, 0.3) is 0 Å². The van der Waals surface area contributed by atoms with Gasteiger partial charge in [-0.2, -0.15) is 0 Å². The van der Waals surface area contributed by atoms with Crippen LogP contribution in [0.3, 0.4) is 0 Å². The summed E-state index contributed by atoms with van der Waals surface area (Å²) in [6, 6.07) is 8.40. The van der Waals surface area contributed by atoms with Crippen molar-refractivity contribution in [3.8, 4) is 0 Å². The molecule has 1 aromatic carbocycles. The average molecular weight is 317 g/mol. The van der Waals surface area contributed by atoms with E-state index in [1.807, 2.05) is 0 Å².